The number of amides is 1. The van der Waals surface area contributed by atoms with Gasteiger partial charge < -0.3 is 10.7 Å². The first-order valence-electron chi connectivity index (χ1n) is 3.77. The van der Waals surface area contributed by atoms with Crippen LogP contribution in [0.5, 0.6) is 0 Å². The summed E-state index contributed by atoms with van der Waals surface area (Å²) in [7, 11) is 1.85. The number of likely N-dealkylation sites (N-methyl/N-ethyl adjacent to an activating group) is 1. The summed E-state index contributed by atoms with van der Waals surface area (Å²) in [4.78, 5) is 15.4. The quantitative estimate of drug-likeness (QED) is 0.659. The van der Waals surface area contributed by atoms with Crippen molar-refractivity contribution in [3.63, 3.8) is 0 Å². The lowest BCUT2D eigenvalue weighted by molar-refractivity contribution is -0.118. The lowest BCUT2D eigenvalue weighted by Gasteiger charge is -2.12. The number of H-pyrrole nitrogens is 1. The molecule has 66 valence electrons. The van der Waals surface area contributed by atoms with Crippen LogP contribution in [0, 0.1) is 0 Å². The van der Waals surface area contributed by atoms with Crippen molar-refractivity contribution in [1.82, 2.24) is 9.88 Å². The molecule has 12 heavy (non-hydrogen) atoms. The van der Waals surface area contributed by atoms with Crippen LogP contribution in [0.25, 0.3) is 0 Å². The molecule has 0 saturated carbocycles. The summed E-state index contributed by atoms with van der Waals surface area (Å²) in [5.41, 5.74) is 6.11. The number of nitrogens with one attached hydrogen (secondary N) is 1. The van der Waals surface area contributed by atoms with E-state index in [1.807, 2.05) is 30.3 Å². The van der Waals surface area contributed by atoms with Crippen molar-refractivity contribution in [2.24, 2.45) is 5.73 Å². The predicted molar refractivity (Wildman–Crippen MR) is 46.3 cm³/mol. The van der Waals surface area contributed by atoms with Gasteiger partial charge in [-0.1, -0.05) is 0 Å². The molecule has 0 spiro atoms. The van der Waals surface area contributed by atoms with Gasteiger partial charge in [0.1, 0.15) is 0 Å². The fraction of sp³-hybridized carbons (Fsp3) is 0.375. The van der Waals surface area contributed by atoms with Gasteiger partial charge in [0.05, 0.1) is 6.54 Å². The molecule has 0 aliphatic heterocycles. The van der Waals surface area contributed by atoms with E-state index in [1.165, 1.54) is 0 Å². The number of rotatable bonds is 4. The average molecular weight is 167 g/mol. The highest BCUT2D eigenvalue weighted by Crippen LogP contribution is 1.98. The third-order valence-electron chi connectivity index (χ3n) is 1.53. The first-order valence-corrected chi connectivity index (χ1v) is 3.77. The summed E-state index contributed by atoms with van der Waals surface area (Å²) < 4.78 is 0. The van der Waals surface area contributed by atoms with Crippen LogP contribution in [0.2, 0.25) is 0 Å². The van der Waals surface area contributed by atoms with E-state index in [4.69, 9.17) is 5.73 Å². The molecule has 3 N–H and O–H groups in total. The second kappa shape index (κ2) is 3.92. The molecule has 1 heterocycles. The summed E-state index contributed by atoms with van der Waals surface area (Å²) in [6.45, 7) is 1.01. The molecule has 1 rings (SSSR count). The number of carbonyl (C=O) groups is 1. The maximum atomic E-state index is 10.5. The lowest BCUT2D eigenvalue weighted by atomic mass is 10.4. The van der Waals surface area contributed by atoms with Crippen LogP contribution < -0.4 is 5.73 Å². The van der Waals surface area contributed by atoms with E-state index in [-0.39, 0.29) is 5.91 Å². The van der Waals surface area contributed by atoms with Crippen LogP contribution >= 0.6 is 0 Å². The Bertz CT molecular complexity index is 243. The summed E-state index contributed by atoms with van der Waals surface area (Å²) >= 11 is 0. The van der Waals surface area contributed by atoms with Gasteiger partial charge >= 0.3 is 0 Å². The first-order chi connectivity index (χ1) is 5.68. The molecule has 0 radical (unpaired) electrons. The number of aromatic amines is 1. The second-order valence-electron chi connectivity index (χ2n) is 2.83. The Labute approximate surface area is 71.4 Å². The summed E-state index contributed by atoms with van der Waals surface area (Å²) in [6.07, 6.45) is 1.85. The molecule has 1 amide bonds. The Kier molecular flexibility index (Phi) is 2.88. The second-order valence-corrected chi connectivity index (χ2v) is 2.83. The fourth-order valence-corrected chi connectivity index (χ4v) is 1.08. The van der Waals surface area contributed by atoms with Gasteiger partial charge in [-0.3, -0.25) is 9.69 Å². The van der Waals surface area contributed by atoms with Crippen LogP contribution in [0.15, 0.2) is 18.3 Å². The third kappa shape index (κ3) is 2.75. The molecule has 4 heteroatoms. The largest absolute Gasteiger partial charge is 0.369 e. The standard InChI is InChI=1S/C8H13N3O/c1-11(6-8(9)12)5-7-3-2-4-10-7/h2-4,10H,5-6H2,1H3,(H2,9,12). The highest BCUT2D eigenvalue weighted by atomic mass is 16.1. The van der Waals surface area contributed by atoms with Crippen LogP contribution in [0.3, 0.4) is 0 Å². The smallest absolute Gasteiger partial charge is 0.231 e. The molecular weight excluding hydrogens is 154 g/mol. The summed E-state index contributed by atoms with van der Waals surface area (Å²) in [5, 5.41) is 0. The van der Waals surface area contributed by atoms with E-state index in [0.29, 0.717) is 6.54 Å². The molecule has 0 fully saturated rings. The van der Waals surface area contributed by atoms with Crippen LogP contribution in [0.4, 0.5) is 0 Å². The maximum absolute atomic E-state index is 10.5. The molecule has 0 aliphatic rings. The van der Waals surface area contributed by atoms with E-state index in [9.17, 15) is 4.79 Å². The number of carbonyl (C=O) groups excluding carboxylic acids is 1. The van der Waals surface area contributed by atoms with Crippen molar-refractivity contribution >= 4 is 5.91 Å². The number of aromatic nitrogens is 1. The number of primary amides is 1. The minimum Gasteiger partial charge on any atom is -0.369 e. The molecule has 1 aromatic rings. The monoisotopic (exact) mass is 167 g/mol. The number of nitrogens with zero attached hydrogens (tertiary/aromatic N) is 1. The number of nitrogens with two attached hydrogens (primary N) is 1. The van der Waals surface area contributed by atoms with Crippen LogP contribution in [-0.4, -0.2) is 29.4 Å². The van der Waals surface area contributed by atoms with E-state index in [1.54, 1.807) is 0 Å². The highest BCUT2D eigenvalue weighted by Gasteiger charge is 2.02. The zero-order chi connectivity index (χ0) is 8.97. The van der Waals surface area contributed by atoms with Gasteiger partial charge in [-0.2, -0.15) is 0 Å². The van der Waals surface area contributed by atoms with Gasteiger partial charge in [-0.05, 0) is 19.2 Å². The Morgan fingerprint density at radius 2 is 2.50 bits per heavy atom. The third-order valence-corrected chi connectivity index (χ3v) is 1.53. The topological polar surface area (TPSA) is 62.1 Å². The average Bonchev–Trinajstić information content (AvgIpc) is 2.37. The first kappa shape index (κ1) is 8.80. The lowest BCUT2D eigenvalue weighted by Crippen LogP contribution is -2.30. The Morgan fingerprint density at radius 3 is 3.00 bits per heavy atom. The van der Waals surface area contributed by atoms with E-state index in [2.05, 4.69) is 4.98 Å². The van der Waals surface area contributed by atoms with E-state index < -0.39 is 0 Å². The van der Waals surface area contributed by atoms with Crippen molar-refractivity contribution in [3.8, 4) is 0 Å². The predicted octanol–water partition coefficient (Wildman–Crippen LogP) is -0.0682. The van der Waals surface area contributed by atoms with Crippen molar-refractivity contribution in [2.45, 2.75) is 6.54 Å². The molecule has 0 atom stereocenters. The molecule has 0 aliphatic carbocycles. The van der Waals surface area contributed by atoms with Gasteiger partial charge in [0.2, 0.25) is 5.91 Å². The maximum Gasteiger partial charge on any atom is 0.231 e. The van der Waals surface area contributed by atoms with Gasteiger partial charge in [0.15, 0.2) is 0 Å². The number of hydrogen-bond acceptors (Lipinski definition) is 2. The Morgan fingerprint density at radius 1 is 1.75 bits per heavy atom. The van der Waals surface area contributed by atoms with Gasteiger partial charge in [-0.15, -0.1) is 0 Å². The fourth-order valence-electron chi connectivity index (χ4n) is 1.08. The molecular formula is C8H13N3O. The van der Waals surface area contributed by atoms with Crippen molar-refractivity contribution in [1.29, 1.82) is 0 Å². The normalized spacial score (nSPS) is 10.5. The number of hydrogen-bond donors (Lipinski definition) is 2. The van der Waals surface area contributed by atoms with Crippen molar-refractivity contribution < 1.29 is 4.79 Å². The van der Waals surface area contributed by atoms with Gasteiger partial charge in [-0.25, -0.2) is 0 Å². The summed E-state index contributed by atoms with van der Waals surface area (Å²) in [6, 6.07) is 3.89. The Balaban J connectivity index is 2.36. The minimum absolute atomic E-state index is 0.291. The van der Waals surface area contributed by atoms with Crippen LogP contribution in [-0.2, 0) is 11.3 Å². The van der Waals surface area contributed by atoms with Gasteiger partial charge in [0, 0.05) is 18.4 Å². The summed E-state index contributed by atoms with van der Waals surface area (Å²) in [5.74, 6) is -0.302. The van der Waals surface area contributed by atoms with Crippen molar-refractivity contribution in [2.75, 3.05) is 13.6 Å². The molecule has 0 aromatic carbocycles. The molecule has 0 unspecified atom stereocenters. The SMILES string of the molecule is CN(CC(N)=O)Cc1ccc[nH]1. The molecule has 0 bridgehead atoms. The molecule has 1 aromatic heterocycles. The minimum atomic E-state index is -0.302. The zero-order valence-electron chi connectivity index (χ0n) is 7.08. The highest BCUT2D eigenvalue weighted by molar-refractivity contribution is 5.75. The van der Waals surface area contributed by atoms with E-state index >= 15 is 0 Å². The zero-order valence-corrected chi connectivity index (χ0v) is 7.08. The van der Waals surface area contributed by atoms with Gasteiger partial charge in [0.25, 0.3) is 0 Å². The van der Waals surface area contributed by atoms with E-state index in [0.717, 1.165) is 12.2 Å². The molecule has 4 nitrogen and oxygen atoms in total. The van der Waals surface area contributed by atoms with Crippen molar-refractivity contribution in [3.05, 3.63) is 24.0 Å². The Hall–Kier alpha value is -1.29. The molecule has 0 saturated heterocycles. The van der Waals surface area contributed by atoms with Crippen LogP contribution in [0.1, 0.15) is 5.69 Å².